The van der Waals surface area contributed by atoms with Gasteiger partial charge in [-0.2, -0.15) is 0 Å². The van der Waals surface area contributed by atoms with Crippen molar-refractivity contribution in [1.29, 1.82) is 0 Å². The molecule has 1 heterocycles. The largest absolute Gasteiger partial charge is 0.372 e. The van der Waals surface area contributed by atoms with Gasteiger partial charge in [-0.3, -0.25) is 4.79 Å². The first-order valence-electron chi connectivity index (χ1n) is 6.62. The van der Waals surface area contributed by atoms with Crippen LogP contribution in [0.2, 0.25) is 5.02 Å². The van der Waals surface area contributed by atoms with Crippen LogP contribution in [0.5, 0.6) is 0 Å². The van der Waals surface area contributed by atoms with Gasteiger partial charge in [0.2, 0.25) is 0 Å². The molecule has 0 spiro atoms. The molecule has 1 aliphatic heterocycles. The Bertz CT molecular complexity index is 458. The highest BCUT2D eigenvalue weighted by molar-refractivity contribution is 6.31. The molecule has 0 saturated carbocycles. The Morgan fingerprint density at radius 1 is 1.53 bits per heavy atom. The van der Waals surface area contributed by atoms with E-state index in [4.69, 9.17) is 17.3 Å². The number of primary amides is 1. The maximum Gasteiger partial charge on any atom is 0.250 e. The second-order valence-corrected chi connectivity index (χ2v) is 5.49. The smallest absolute Gasteiger partial charge is 0.250 e. The zero-order valence-electron chi connectivity index (χ0n) is 11.2. The van der Waals surface area contributed by atoms with Gasteiger partial charge in [0.25, 0.3) is 5.91 Å². The van der Waals surface area contributed by atoms with Gasteiger partial charge >= 0.3 is 0 Å². The molecule has 1 aliphatic rings. The highest BCUT2D eigenvalue weighted by Gasteiger charge is 2.18. The van der Waals surface area contributed by atoms with Crippen molar-refractivity contribution in [2.45, 2.75) is 25.3 Å². The second kappa shape index (κ2) is 6.26. The summed E-state index contributed by atoms with van der Waals surface area (Å²) >= 11 is 5.92. The first kappa shape index (κ1) is 14.2. The van der Waals surface area contributed by atoms with Crippen LogP contribution in [-0.2, 0) is 0 Å². The monoisotopic (exact) mass is 281 g/mol. The van der Waals surface area contributed by atoms with E-state index in [0.717, 1.165) is 18.8 Å². The van der Waals surface area contributed by atoms with Gasteiger partial charge in [0.1, 0.15) is 0 Å². The zero-order valence-corrected chi connectivity index (χ0v) is 11.9. The van der Waals surface area contributed by atoms with Crippen LogP contribution in [0.1, 0.15) is 29.6 Å². The van der Waals surface area contributed by atoms with E-state index >= 15 is 0 Å². The summed E-state index contributed by atoms with van der Waals surface area (Å²) in [6.45, 7) is 1.93. The fourth-order valence-corrected chi connectivity index (χ4v) is 2.72. The number of carbonyl (C=O) groups excluding carboxylic acids is 1. The molecule has 2 rings (SSSR count). The van der Waals surface area contributed by atoms with Crippen LogP contribution in [0, 0.1) is 0 Å². The van der Waals surface area contributed by atoms with Crippen LogP contribution >= 0.6 is 11.6 Å². The Kier molecular flexibility index (Phi) is 4.66. The zero-order chi connectivity index (χ0) is 13.8. The lowest BCUT2D eigenvalue weighted by Crippen LogP contribution is -2.42. The summed E-state index contributed by atoms with van der Waals surface area (Å²) < 4.78 is 0. The highest BCUT2D eigenvalue weighted by Crippen LogP contribution is 2.24. The molecule has 0 bridgehead atoms. The number of piperidine rings is 1. The fraction of sp³-hybridized carbons (Fsp3) is 0.500. The topological polar surface area (TPSA) is 58.4 Å². The lowest BCUT2D eigenvalue weighted by Gasteiger charge is -2.30. The average molecular weight is 282 g/mol. The van der Waals surface area contributed by atoms with Crippen molar-refractivity contribution in [3.05, 3.63) is 28.8 Å². The third kappa shape index (κ3) is 3.61. The number of amides is 1. The summed E-state index contributed by atoms with van der Waals surface area (Å²) in [5.74, 6) is -0.444. The van der Waals surface area contributed by atoms with E-state index in [0.29, 0.717) is 16.6 Å². The lowest BCUT2D eigenvalue weighted by atomic mass is 10.0. The molecule has 1 saturated heterocycles. The van der Waals surface area contributed by atoms with Gasteiger partial charge < -0.3 is 16.0 Å². The maximum absolute atomic E-state index is 11.5. The van der Waals surface area contributed by atoms with Crippen molar-refractivity contribution < 1.29 is 4.79 Å². The molecular weight excluding hydrogens is 262 g/mol. The predicted octanol–water partition coefficient (Wildman–Crippen LogP) is 2.02. The molecule has 4 nitrogen and oxygen atoms in total. The summed E-state index contributed by atoms with van der Waals surface area (Å²) in [7, 11) is 1.98. The SMILES string of the molecule is CN(CC1CCCCN1)c1ccc(Cl)cc1C(N)=O. The number of nitrogens with one attached hydrogen (secondary N) is 1. The summed E-state index contributed by atoms with van der Waals surface area (Å²) in [5.41, 5.74) is 6.73. The molecule has 1 unspecified atom stereocenters. The number of nitrogens with zero attached hydrogens (tertiary/aromatic N) is 1. The van der Waals surface area contributed by atoms with Crippen molar-refractivity contribution in [3.63, 3.8) is 0 Å². The summed E-state index contributed by atoms with van der Waals surface area (Å²) in [6.07, 6.45) is 3.67. The van der Waals surface area contributed by atoms with Crippen molar-refractivity contribution in [2.75, 3.05) is 25.0 Å². The predicted molar refractivity (Wildman–Crippen MR) is 78.9 cm³/mol. The summed E-state index contributed by atoms with van der Waals surface area (Å²) in [6, 6.07) is 5.73. The normalized spacial score (nSPS) is 19.2. The van der Waals surface area contributed by atoms with Crippen molar-refractivity contribution in [1.82, 2.24) is 5.32 Å². The van der Waals surface area contributed by atoms with Crippen molar-refractivity contribution >= 4 is 23.2 Å². The number of rotatable bonds is 4. The molecule has 1 amide bonds. The Morgan fingerprint density at radius 2 is 2.32 bits per heavy atom. The molecule has 0 aromatic heterocycles. The quantitative estimate of drug-likeness (QED) is 0.888. The Hall–Kier alpha value is -1.26. The third-order valence-electron chi connectivity index (χ3n) is 3.54. The van der Waals surface area contributed by atoms with Crippen LogP contribution < -0.4 is 16.0 Å². The molecule has 0 radical (unpaired) electrons. The van der Waals surface area contributed by atoms with Gasteiger partial charge in [0.05, 0.1) is 5.56 Å². The van der Waals surface area contributed by atoms with E-state index in [2.05, 4.69) is 10.2 Å². The fourth-order valence-electron chi connectivity index (χ4n) is 2.55. The minimum absolute atomic E-state index is 0.444. The average Bonchev–Trinajstić information content (AvgIpc) is 2.39. The van der Waals surface area contributed by atoms with Gasteiger partial charge in [0, 0.05) is 30.3 Å². The van der Waals surface area contributed by atoms with E-state index < -0.39 is 5.91 Å². The van der Waals surface area contributed by atoms with E-state index in [1.54, 1.807) is 12.1 Å². The van der Waals surface area contributed by atoms with Gasteiger partial charge in [-0.25, -0.2) is 0 Å². The minimum atomic E-state index is -0.444. The minimum Gasteiger partial charge on any atom is -0.372 e. The van der Waals surface area contributed by atoms with Crippen LogP contribution in [0.15, 0.2) is 18.2 Å². The molecule has 1 aromatic rings. The maximum atomic E-state index is 11.5. The number of likely N-dealkylation sites (N-methyl/N-ethyl adjacent to an activating group) is 1. The van der Waals surface area contributed by atoms with Gasteiger partial charge in [0.15, 0.2) is 0 Å². The number of anilines is 1. The van der Waals surface area contributed by atoms with Crippen LogP contribution in [0.3, 0.4) is 0 Å². The standard InChI is InChI=1S/C14H20ClN3O/c1-18(9-11-4-2-3-7-17-11)13-6-5-10(15)8-12(13)14(16)19/h5-6,8,11,17H,2-4,7,9H2,1H3,(H2,16,19). The molecule has 19 heavy (non-hydrogen) atoms. The molecular formula is C14H20ClN3O. The van der Waals surface area contributed by atoms with E-state index in [9.17, 15) is 4.79 Å². The molecule has 1 aromatic carbocycles. The van der Waals surface area contributed by atoms with Crippen molar-refractivity contribution in [3.8, 4) is 0 Å². The number of carbonyl (C=O) groups is 1. The van der Waals surface area contributed by atoms with E-state index in [1.165, 1.54) is 19.3 Å². The van der Waals surface area contributed by atoms with Crippen LogP contribution in [-0.4, -0.2) is 32.1 Å². The summed E-state index contributed by atoms with van der Waals surface area (Å²) in [5, 5.41) is 4.03. The highest BCUT2D eigenvalue weighted by atomic mass is 35.5. The Labute approximate surface area is 118 Å². The first-order chi connectivity index (χ1) is 9.08. The molecule has 104 valence electrons. The third-order valence-corrected chi connectivity index (χ3v) is 3.78. The molecule has 3 N–H and O–H groups in total. The lowest BCUT2D eigenvalue weighted by molar-refractivity contribution is 0.100. The molecule has 5 heteroatoms. The van der Waals surface area contributed by atoms with Gasteiger partial charge in [-0.1, -0.05) is 18.0 Å². The van der Waals surface area contributed by atoms with Gasteiger partial charge in [-0.15, -0.1) is 0 Å². The number of hydrogen-bond acceptors (Lipinski definition) is 3. The number of hydrogen-bond donors (Lipinski definition) is 2. The number of nitrogens with two attached hydrogens (primary N) is 1. The molecule has 1 fully saturated rings. The van der Waals surface area contributed by atoms with E-state index in [-0.39, 0.29) is 0 Å². The van der Waals surface area contributed by atoms with E-state index in [1.807, 2.05) is 13.1 Å². The summed E-state index contributed by atoms with van der Waals surface area (Å²) in [4.78, 5) is 13.6. The van der Waals surface area contributed by atoms with Crippen LogP contribution in [0.4, 0.5) is 5.69 Å². The Morgan fingerprint density at radius 3 is 2.95 bits per heavy atom. The first-order valence-corrected chi connectivity index (χ1v) is 6.99. The number of halogens is 1. The second-order valence-electron chi connectivity index (χ2n) is 5.05. The number of benzene rings is 1. The molecule has 0 aliphatic carbocycles. The van der Waals surface area contributed by atoms with Gasteiger partial charge in [-0.05, 0) is 37.6 Å². The Balaban J connectivity index is 2.13. The van der Waals surface area contributed by atoms with Crippen LogP contribution in [0.25, 0.3) is 0 Å². The molecule has 1 atom stereocenters. The van der Waals surface area contributed by atoms with Crippen molar-refractivity contribution in [2.24, 2.45) is 5.73 Å².